The lowest BCUT2D eigenvalue weighted by molar-refractivity contribution is 0.945. The zero-order valence-electron chi connectivity index (χ0n) is 19.2. The predicted octanol–water partition coefficient (Wildman–Crippen LogP) is 6.90. The zero-order valence-corrected chi connectivity index (χ0v) is 19.2. The quantitative estimate of drug-likeness (QED) is 0.253. The third-order valence-corrected chi connectivity index (χ3v) is 8.44. The highest BCUT2D eigenvalue weighted by molar-refractivity contribution is 5.95. The maximum atomic E-state index is 4.83. The van der Waals surface area contributed by atoms with Gasteiger partial charge in [0, 0.05) is 25.2 Å². The molecule has 0 spiro atoms. The van der Waals surface area contributed by atoms with Gasteiger partial charge in [-0.3, -0.25) is 4.90 Å². The van der Waals surface area contributed by atoms with Crippen molar-refractivity contribution < 1.29 is 0 Å². The molecule has 0 saturated heterocycles. The van der Waals surface area contributed by atoms with Crippen LogP contribution in [-0.4, -0.2) is 9.97 Å². The van der Waals surface area contributed by atoms with Crippen molar-refractivity contribution in [3.05, 3.63) is 124 Å². The molecule has 0 bridgehead atoms. The van der Waals surface area contributed by atoms with Gasteiger partial charge in [0.25, 0.3) is 0 Å². The maximum Gasteiger partial charge on any atom is 0.142 e. The number of anilines is 3. The number of benzene rings is 3. The molecule has 0 fully saturated rings. The molecule has 0 N–H and O–H groups in total. The van der Waals surface area contributed by atoms with Crippen molar-refractivity contribution in [3.63, 3.8) is 0 Å². The largest absolute Gasteiger partial charge is 0.278 e. The van der Waals surface area contributed by atoms with Crippen LogP contribution >= 0.6 is 0 Å². The minimum absolute atomic E-state index is 0.919. The summed E-state index contributed by atoms with van der Waals surface area (Å²) in [4.78, 5) is 12.0. The standard InChI is InChI=1S/C32H21N3/c1-2-8-23-18(5-1)14-26-24(23)10-9-19-15-25-27(29(19)26)17-22-13-20-6-3-11-33-31(20)35-30(22)28(25)16-21-7-4-12-34-32(21)35/h1-12,17H,13-16H2. The molecule has 2 aromatic heterocycles. The first-order valence-electron chi connectivity index (χ1n) is 12.4. The van der Waals surface area contributed by atoms with Gasteiger partial charge >= 0.3 is 0 Å². The van der Waals surface area contributed by atoms with E-state index >= 15 is 0 Å². The fourth-order valence-electron chi connectivity index (χ4n) is 7.04. The average molecular weight is 448 g/mol. The van der Waals surface area contributed by atoms with E-state index in [2.05, 4.69) is 71.6 Å². The SMILES string of the molecule is c1ccc2c(c1)Cc1c-2ccc2c1-c1cc3c4c(c1C2)Cc1cccnc1N4c1ncccc1C3. The van der Waals surface area contributed by atoms with Crippen LogP contribution in [-0.2, 0) is 25.7 Å². The van der Waals surface area contributed by atoms with Gasteiger partial charge in [-0.2, -0.15) is 0 Å². The maximum absolute atomic E-state index is 4.83. The molecular weight excluding hydrogens is 426 g/mol. The molecule has 4 aliphatic rings. The van der Waals surface area contributed by atoms with Gasteiger partial charge in [-0.1, -0.05) is 48.5 Å². The molecule has 0 radical (unpaired) electrons. The molecule has 2 aliphatic carbocycles. The van der Waals surface area contributed by atoms with Crippen molar-refractivity contribution in [2.45, 2.75) is 25.7 Å². The molecule has 2 aliphatic heterocycles. The summed E-state index contributed by atoms with van der Waals surface area (Å²) in [7, 11) is 0. The minimum atomic E-state index is 0.919. The highest BCUT2D eigenvalue weighted by Crippen LogP contribution is 2.55. The zero-order chi connectivity index (χ0) is 22.7. The van der Waals surface area contributed by atoms with E-state index < -0.39 is 0 Å². The average Bonchev–Trinajstić information content (AvgIpc) is 3.47. The Morgan fingerprint density at radius 3 is 2.09 bits per heavy atom. The minimum Gasteiger partial charge on any atom is -0.278 e. The van der Waals surface area contributed by atoms with Gasteiger partial charge in [-0.05, 0) is 97.8 Å². The first-order valence-corrected chi connectivity index (χ1v) is 12.4. The lowest BCUT2D eigenvalue weighted by Gasteiger charge is -2.38. The number of aromatic nitrogens is 2. The third-order valence-electron chi connectivity index (χ3n) is 8.44. The van der Waals surface area contributed by atoms with Crippen LogP contribution in [0.1, 0.15) is 44.5 Å². The second-order valence-corrected chi connectivity index (χ2v) is 10.2. The summed E-state index contributed by atoms with van der Waals surface area (Å²) in [5.41, 5.74) is 18.5. The number of pyridine rings is 2. The number of fused-ring (bicyclic) bond motifs is 12. The van der Waals surface area contributed by atoms with Crippen molar-refractivity contribution in [2.24, 2.45) is 0 Å². The van der Waals surface area contributed by atoms with E-state index in [1.54, 1.807) is 0 Å². The third kappa shape index (κ3) is 2.21. The first-order chi connectivity index (χ1) is 17.3. The van der Waals surface area contributed by atoms with Crippen molar-refractivity contribution in [2.75, 3.05) is 4.90 Å². The molecule has 3 nitrogen and oxygen atoms in total. The highest BCUT2D eigenvalue weighted by Gasteiger charge is 2.38. The lowest BCUT2D eigenvalue weighted by Crippen LogP contribution is -2.27. The summed E-state index contributed by atoms with van der Waals surface area (Å²) in [5.74, 6) is 2.07. The second-order valence-electron chi connectivity index (χ2n) is 10.2. The van der Waals surface area contributed by atoms with Crippen LogP contribution in [0.2, 0.25) is 0 Å². The summed E-state index contributed by atoms with van der Waals surface area (Å²) in [6.45, 7) is 0. The van der Waals surface area contributed by atoms with Gasteiger partial charge in [-0.15, -0.1) is 0 Å². The summed E-state index contributed by atoms with van der Waals surface area (Å²) >= 11 is 0. The van der Waals surface area contributed by atoms with Crippen LogP contribution in [0.3, 0.4) is 0 Å². The summed E-state index contributed by atoms with van der Waals surface area (Å²) < 4.78 is 0. The Morgan fingerprint density at radius 2 is 1.23 bits per heavy atom. The fraction of sp³-hybridized carbons (Fsp3) is 0.125. The topological polar surface area (TPSA) is 29.0 Å². The molecule has 3 aromatic carbocycles. The van der Waals surface area contributed by atoms with E-state index in [0.29, 0.717) is 0 Å². The molecule has 0 unspecified atom stereocenters. The van der Waals surface area contributed by atoms with E-state index in [1.165, 1.54) is 72.4 Å². The van der Waals surface area contributed by atoms with Gasteiger partial charge in [0.05, 0.1) is 5.69 Å². The number of hydrogen-bond donors (Lipinski definition) is 0. The normalized spacial score (nSPS) is 14.9. The lowest BCUT2D eigenvalue weighted by atomic mass is 9.83. The molecule has 0 amide bonds. The smallest absolute Gasteiger partial charge is 0.142 e. The van der Waals surface area contributed by atoms with Crippen molar-refractivity contribution in [1.82, 2.24) is 9.97 Å². The fourth-order valence-corrected chi connectivity index (χ4v) is 7.04. The molecule has 3 heteroatoms. The van der Waals surface area contributed by atoms with Crippen molar-refractivity contribution in [3.8, 4) is 22.3 Å². The van der Waals surface area contributed by atoms with Gasteiger partial charge in [0.15, 0.2) is 0 Å². The van der Waals surface area contributed by atoms with Crippen LogP contribution in [0.15, 0.2) is 79.1 Å². The van der Waals surface area contributed by atoms with Crippen LogP contribution in [0.4, 0.5) is 17.3 Å². The molecule has 5 aromatic rings. The highest BCUT2D eigenvalue weighted by atomic mass is 15.3. The summed E-state index contributed by atoms with van der Waals surface area (Å²) in [5, 5.41) is 0. The number of hydrogen-bond acceptors (Lipinski definition) is 3. The van der Waals surface area contributed by atoms with E-state index in [0.717, 1.165) is 37.3 Å². The molecule has 0 atom stereocenters. The number of rotatable bonds is 0. The summed E-state index contributed by atoms with van der Waals surface area (Å²) in [6, 6.07) is 24.7. The van der Waals surface area contributed by atoms with Gasteiger partial charge < -0.3 is 0 Å². The molecule has 164 valence electrons. The van der Waals surface area contributed by atoms with E-state index in [-0.39, 0.29) is 0 Å². The summed E-state index contributed by atoms with van der Waals surface area (Å²) in [6.07, 6.45) is 7.71. The van der Waals surface area contributed by atoms with Crippen molar-refractivity contribution >= 4 is 17.3 Å². The monoisotopic (exact) mass is 447 g/mol. The second kappa shape index (κ2) is 6.25. The number of nitrogens with zero attached hydrogens (tertiary/aromatic N) is 3. The van der Waals surface area contributed by atoms with Gasteiger partial charge in [0.2, 0.25) is 0 Å². The van der Waals surface area contributed by atoms with Crippen LogP contribution in [0.25, 0.3) is 22.3 Å². The van der Waals surface area contributed by atoms with Crippen molar-refractivity contribution in [1.29, 1.82) is 0 Å². The Bertz CT molecular complexity index is 1750. The van der Waals surface area contributed by atoms with Gasteiger partial charge in [-0.25, -0.2) is 9.97 Å². The van der Waals surface area contributed by atoms with E-state index in [9.17, 15) is 0 Å². The Balaban J connectivity index is 1.33. The molecular formula is C32H21N3. The van der Waals surface area contributed by atoms with Crippen LogP contribution in [0, 0.1) is 0 Å². The Hall–Kier alpha value is -4.24. The van der Waals surface area contributed by atoms with Gasteiger partial charge in [0.1, 0.15) is 11.6 Å². The van der Waals surface area contributed by atoms with E-state index in [1.807, 2.05) is 12.4 Å². The molecule has 0 saturated carbocycles. The van der Waals surface area contributed by atoms with E-state index in [4.69, 9.17) is 9.97 Å². The Morgan fingerprint density at radius 1 is 0.514 bits per heavy atom. The van der Waals surface area contributed by atoms with Crippen LogP contribution < -0.4 is 4.90 Å². The predicted molar refractivity (Wildman–Crippen MR) is 139 cm³/mol. The molecule has 35 heavy (non-hydrogen) atoms. The molecule has 9 rings (SSSR count). The Kier molecular flexibility index (Phi) is 3.24. The molecule has 4 heterocycles. The van der Waals surface area contributed by atoms with Crippen LogP contribution in [0.5, 0.6) is 0 Å². The Labute approximate surface area is 203 Å². The first kappa shape index (κ1) is 18.1.